The number of carbonyl (C=O) groups excluding carboxylic acids is 1. The van der Waals surface area contributed by atoms with Gasteiger partial charge in [-0.2, -0.15) is 0 Å². The van der Waals surface area contributed by atoms with Crippen molar-refractivity contribution in [1.29, 1.82) is 0 Å². The first-order valence-electron chi connectivity index (χ1n) is 3.49. The quantitative estimate of drug-likeness (QED) is 0.719. The second kappa shape index (κ2) is 3.89. The third-order valence-corrected chi connectivity index (χ3v) is 2.34. The zero-order valence-corrected chi connectivity index (χ0v) is 8.04. The normalized spacial score (nSPS) is 9.14. The maximum absolute atomic E-state index is 11.0. The number of anilines is 1. The number of amides is 1. The monoisotopic (exact) mass is 210 g/mol. The SMILES string of the molecule is C#CC(=O)N(C)c1nc(C(=O)O)cs1. The number of hydrogen-bond acceptors (Lipinski definition) is 4. The lowest BCUT2D eigenvalue weighted by molar-refractivity contribution is -0.113. The zero-order valence-electron chi connectivity index (χ0n) is 7.22. The minimum atomic E-state index is -1.13. The van der Waals surface area contributed by atoms with E-state index in [0.29, 0.717) is 0 Å². The highest BCUT2D eigenvalue weighted by Gasteiger charge is 2.14. The molecule has 0 aliphatic carbocycles. The van der Waals surface area contributed by atoms with Gasteiger partial charge in [0.25, 0.3) is 0 Å². The minimum Gasteiger partial charge on any atom is -0.476 e. The minimum absolute atomic E-state index is 0.0957. The molecule has 6 heteroatoms. The van der Waals surface area contributed by atoms with Gasteiger partial charge in [-0.25, -0.2) is 9.78 Å². The predicted octanol–water partition coefficient (Wildman–Crippen LogP) is 0.437. The van der Waals surface area contributed by atoms with Crippen LogP contribution in [0.15, 0.2) is 5.38 Å². The molecule has 0 unspecified atom stereocenters. The molecule has 1 heterocycles. The first kappa shape index (κ1) is 10.2. The molecule has 0 atom stereocenters. The van der Waals surface area contributed by atoms with Crippen LogP contribution in [0.2, 0.25) is 0 Å². The van der Waals surface area contributed by atoms with Crippen LogP contribution in [0.4, 0.5) is 5.13 Å². The standard InChI is InChI=1S/C8H6N2O3S/c1-3-6(11)10(2)8-9-5(4-14-8)7(12)13/h1,4H,2H3,(H,12,13). The molecule has 5 nitrogen and oxygen atoms in total. The van der Waals surface area contributed by atoms with E-state index in [1.54, 1.807) is 0 Å². The Hall–Kier alpha value is -1.87. The summed E-state index contributed by atoms with van der Waals surface area (Å²) in [4.78, 5) is 26.3. The third kappa shape index (κ3) is 1.89. The molecule has 0 aromatic carbocycles. The van der Waals surface area contributed by atoms with E-state index in [0.717, 1.165) is 16.2 Å². The van der Waals surface area contributed by atoms with Crippen molar-refractivity contribution in [3.63, 3.8) is 0 Å². The maximum Gasteiger partial charge on any atom is 0.355 e. The summed E-state index contributed by atoms with van der Waals surface area (Å²) in [7, 11) is 1.44. The van der Waals surface area contributed by atoms with Gasteiger partial charge >= 0.3 is 11.9 Å². The largest absolute Gasteiger partial charge is 0.476 e. The summed E-state index contributed by atoms with van der Waals surface area (Å²) in [5.74, 6) is 0.218. The second-order valence-electron chi connectivity index (χ2n) is 2.33. The summed E-state index contributed by atoms with van der Waals surface area (Å²) < 4.78 is 0. The van der Waals surface area contributed by atoms with E-state index >= 15 is 0 Å². The van der Waals surface area contributed by atoms with Crippen molar-refractivity contribution >= 4 is 28.3 Å². The van der Waals surface area contributed by atoms with Crippen molar-refractivity contribution in [1.82, 2.24) is 4.98 Å². The van der Waals surface area contributed by atoms with Crippen LogP contribution in [0.1, 0.15) is 10.5 Å². The fraction of sp³-hybridized carbons (Fsp3) is 0.125. The molecule has 1 aromatic heterocycles. The number of carboxylic acids is 1. The fourth-order valence-electron chi connectivity index (χ4n) is 0.700. The number of carbonyl (C=O) groups is 2. The summed E-state index contributed by atoms with van der Waals surface area (Å²) >= 11 is 1.05. The molecule has 1 rings (SSSR count). The average Bonchev–Trinajstić information content (AvgIpc) is 2.64. The van der Waals surface area contributed by atoms with Crippen molar-refractivity contribution in [2.75, 3.05) is 11.9 Å². The van der Waals surface area contributed by atoms with Gasteiger partial charge in [0.15, 0.2) is 10.8 Å². The molecule has 0 bridgehead atoms. The van der Waals surface area contributed by atoms with Crippen LogP contribution in [0.25, 0.3) is 0 Å². The number of carboxylic acid groups (broad SMARTS) is 1. The predicted molar refractivity (Wildman–Crippen MR) is 51.3 cm³/mol. The van der Waals surface area contributed by atoms with Gasteiger partial charge in [0.2, 0.25) is 0 Å². The average molecular weight is 210 g/mol. The van der Waals surface area contributed by atoms with Crippen molar-refractivity contribution < 1.29 is 14.7 Å². The molecule has 1 N–H and O–H groups in total. The second-order valence-corrected chi connectivity index (χ2v) is 3.17. The molecule has 0 spiro atoms. The molecule has 72 valence electrons. The van der Waals surface area contributed by atoms with E-state index in [9.17, 15) is 9.59 Å². The summed E-state index contributed by atoms with van der Waals surface area (Å²) in [6, 6.07) is 0. The fourth-order valence-corrected chi connectivity index (χ4v) is 1.46. The summed E-state index contributed by atoms with van der Waals surface area (Å²) in [6.45, 7) is 0. The third-order valence-electron chi connectivity index (χ3n) is 1.43. The Bertz CT molecular complexity index is 418. The number of aromatic nitrogens is 1. The molecule has 0 saturated carbocycles. The van der Waals surface area contributed by atoms with Gasteiger partial charge in [0.1, 0.15) is 0 Å². The Balaban J connectivity index is 2.93. The molecule has 0 aliphatic heterocycles. The summed E-state index contributed by atoms with van der Waals surface area (Å²) in [5, 5.41) is 10.2. The van der Waals surface area contributed by atoms with Gasteiger partial charge in [0.05, 0.1) is 0 Å². The Morgan fingerprint density at radius 2 is 2.36 bits per heavy atom. The van der Waals surface area contributed by atoms with Crippen molar-refractivity contribution in [2.24, 2.45) is 0 Å². The van der Waals surface area contributed by atoms with E-state index in [1.165, 1.54) is 12.4 Å². The van der Waals surface area contributed by atoms with Gasteiger partial charge in [-0.15, -0.1) is 17.8 Å². The van der Waals surface area contributed by atoms with Crippen LogP contribution in [0.5, 0.6) is 0 Å². The number of terminal acetylenes is 1. The van der Waals surface area contributed by atoms with Crippen LogP contribution < -0.4 is 4.90 Å². The number of nitrogens with zero attached hydrogens (tertiary/aromatic N) is 2. The van der Waals surface area contributed by atoms with Gasteiger partial charge in [0, 0.05) is 12.4 Å². The van der Waals surface area contributed by atoms with Crippen molar-refractivity contribution in [3.8, 4) is 12.3 Å². The highest BCUT2D eigenvalue weighted by molar-refractivity contribution is 7.14. The molecule has 0 radical (unpaired) electrons. The van der Waals surface area contributed by atoms with Crippen LogP contribution in [0, 0.1) is 12.3 Å². The lowest BCUT2D eigenvalue weighted by Gasteiger charge is -2.07. The van der Waals surface area contributed by atoms with Gasteiger partial charge in [-0.1, -0.05) is 0 Å². The Morgan fingerprint density at radius 3 is 2.79 bits per heavy atom. The molecule has 0 saturated heterocycles. The molecule has 14 heavy (non-hydrogen) atoms. The Labute approximate surface area is 84.0 Å². The van der Waals surface area contributed by atoms with Crippen LogP contribution in [0.3, 0.4) is 0 Å². The number of rotatable bonds is 2. The van der Waals surface area contributed by atoms with Gasteiger partial charge in [-0.3, -0.25) is 9.69 Å². The van der Waals surface area contributed by atoms with E-state index in [4.69, 9.17) is 11.5 Å². The molecule has 0 fully saturated rings. The number of aromatic carboxylic acids is 1. The van der Waals surface area contributed by atoms with Crippen molar-refractivity contribution in [3.05, 3.63) is 11.1 Å². The number of thiazole rings is 1. The number of hydrogen-bond donors (Lipinski definition) is 1. The highest BCUT2D eigenvalue weighted by atomic mass is 32.1. The summed E-state index contributed by atoms with van der Waals surface area (Å²) in [5.41, 5.74) is -0.0957. The first-order chi connectivity index (χ1) is 6.56. The Morgan fingerprint density at radius 1 is 1.71 bits per heavy atom. The molecule has 1 aromatic rings. The lowest BCUT2D eigenvalue weighted by atomic mass is 10.5. The lowest BCUT2D eigenvalue weighted by Crippen LogP contribution is -2.24. The highest BCUT2D eigenvalue weighted by Crippen LogP contribution is 2.18. The van der Waals surface area contributed by atoms with E-state index in [2.05, 4.69) is 4.98 Å². The van der Waals surface area contributed by atoms with Crippen LogP contribution >= 0.6 is 11.3 Å². The molecular weight excluding hydrogens is 204 g/mol. The Kier molecular flexibility index (Phi) is 2.84. The molecule has 0 aliphatic rings. The smallest absolute Gasteiger partial charge is 0.355 e. The zero-order chi connectivity index (χ0) is 10.7. The topological polar surface area (TPSA) is 70.5 Å². The summed E-state index contributed by atoms with van der Waals surface area (Å²) in [6.07, 6.45) is 4.90. The van der Waals surface area contributed by atoms with E-state index in [-0.39, 0.29) is 10.8 Å². The molecular formula is C8H6N2O3S. The van der Waals surface area contributed by atoms with Crippen LogP contribution in [-0.2, 0) is 4.79 Å². The molecule has 1 amide bonds. The van der Waals surface area contributed by atoms with Gasteiger partial charge < -0.3 is 5.11 Å². The van der Waals surface area contributed by atoms with Crippen LogP contribution in [-0.4, -0.2) is 29.0 Å². The van der Waals surface area contributed by atoms with E-state index < -0.39 is 11.9 Å². The van der Waals surface area contributed by atoms with Crippen molar-refractivity contribution in [2.45, 2.75) is 0 Å². The maximum atomic E-state index is 11.0. The first-order valence-corrected chi connectivity index (χ1v) is 4.37. The van der Waals surface area contributed by atoms with E-state index in [1.807, 2.05) is 5.92 Å². The van der Waals surface area contributed by atoms with Gasteiger partial charge in [-0.05, 0) is 5.92 Å².